The van der Waals surface area contributed by atoms with Gasteiger partial charge in [0.25, 0.3) is 5.56 Å². The number of likely N-dealkylation sites (N-methyl/N-ethyl adjacent to an activating group) is 1. The van der Waals surface area contributed by atoms with Crippen molar-refractivity contribution in [1.82, 2.24) is 24.4 Å². The van der Waals surface area contributed by atoms with Crippen LogP contribution in [0.1, 0.15) is 29.4 Å². The number of anilines is 1. The number of hydrogen-bond acceptors (Lipinski definition) is 5. The number of H-pyrrole nitrogens is 1. The van der Waals surface area contributed by atoms with Crippen LogP contribution < -0.4 is 10.9 Å². The van der Waals surface area contributed by atoms with Crippen LogP contribution in [0.2, 0.25) is 0 Å². The van der Waals surface area contributed by atoms with Gasteiger partial charge in [0.2, 0.25) is 5.91 Å². The van der Waals surface area contributed by atoms with Crippen LogP contribution in [0.5, 0.6) is 0 Å². The second-order valence-corrected chi connectivity index (χ2v) is 8.29. The number of aromatic nitrogens is 4. The molecule has 4 aromatic rings. The SMILES string of the molecule is CN(Cc1cc2cnccc2[nH]1)C(=O)Cn1cnc2c(c1=O)NC(c1ccc(F)cc1)CC2. The van der Waals surface area contributed by atoms with Gasteiger partial charge in [-0.15, -0.1) is 0 Å². The first kappa shape index (κ1) is 20.9. The van der Waals surface area contributed by atoms with E-state index in [2.05, 4.69) is 20.3 Å². The first-order valence-corrected chi connectivity index (χ1v) is 10.7. The third-order valence-electron chi connectivity index (χ3n) is 5.99. The number of fused-ring (bicyclic) bond motifs is 2. The maximum Gasteiger partial charge on any atom is 0.277 e. The van der Waals surface area contributed by atoms with Crippen LogP contribution in [-0.4, -0.2) is 37.4 Å². The minimum Gasteiger partial charge on any atom is -0.372 e. The van der Waals surface area contributed by atoms with E-state index in [-0.39, 0.29) is 29.9 Å². The molecule has 4 heterocycles. The third-order valence-corrected chi connectivity index (χ3v) is 5.99. The summed E-state index contributed by atoms with van der Waals surface area (Å²) in [4.78, 5) is 39.3. The Bertz CT molecular complexity index is 1340. The number of aromatic amines is 1. The number of benzene rings is 1. The number of pyridine rings is 1. The number of nitrogens with zero attached hydrogens (tertiary/aromatic N) is 4. The van der Waals surface area contributed by atoms with Gasteiger partial charge >= 0.3 is 0 Å². The van der Waals surface area contributed by atoms with Crippen LogP contribution >= 0.6 is 0 Å². The Morgan fingerprint density at radius 2 is 2.09 bits per heavy atom. The topological polar surface area (TPSA) is 95.9 Å². The molecule has 0 bridgehead atoms. The molecule has 0 fully saturated rings. The summed E-state index contributed by atoms with van der Waals surface area (Å²) < 4.78 is 14.6. The average molecular weight is 446 g/mol. The van der Waals surface area contributed by atoms with Gasteiger partial charge in [0.1, 0.15) is 18.0 Å². The molecular weight excluding hydrogens is 423 g/mol. The molecule has 1 atom stereocenters. The molecule has 2 N–H and O–H groups in total. The van der Waals surface area contributed by atoms with Crippen molar-refractivity contribution in [2.75, 3.05) is 12.4 Å². The molecule has 1 amide bonds. The third kappa shape index (κ3) is 4.21. The largest absolute Gasteiger partial charge is 0.372 e. The van der Waals surface area contributed by atoms with Crippen molar-refractivity contribution in [3.8, 4) is 0 Å². The zero-order valence-electron chi connectivity index (χ0n) is 18.1. The molecule has 0 saturated carbocycles. The van der Waals surface area contributed by atoms with Crippen molar-refractivity contribution in [3.63, 3.8) is 0 Å². The molecule has 1 aliphatic rings. The van der Waals surface area contributed by atoms with Crippen molar-refractivity contribution in [2.24, 2.45) is 0 Å². The molecule has 9 heteroatoms. The fourth-order valence-electron chi connectivity index (χ4n) is 4.17. The highest BCUT2D eigenvalue weighted by Gasteiger charge is 2.24. The highest BCUT2D eigenvalue weighted by molar-refractivity contribution is 5.80. The molecule has 33 heavy (non-hydrogen) atoms. The van der Waals surface area contributed by atoms with E-state index in [1.165, 1.54) is 23.0 Å². The molecule has 1 aliphatic heterocycles. The van der Waals surface area contributed by atoms with Crippen molar-refractivity contribution < 1.29 is 9.18 Å². The molecule has 0 spiro atoms. The fourth-order valence-corrected chi connectivity index (χ4v) is 4.17. The molecule has 8 nitrogen and oxygen atoms in total. The normalized spacial score (nSPS) is 15.2. The number of nitrogens with one attached hydrogen (secondary N) is 2. The Morgan fingerprint density at radius 1 is 1.27 bits per heavy atom. The number of rotatable bonds is 5. The maximum atomic E-state index is 13.3. The second-order valence-electron chi connectivity index (χ2n) is 8.29. The lowest BCUT2D eigenvalue weighted by molar-refractivity contribution is -0.131. The summed E-state index contributed by atoms with van der Waals surface area (Å²) in [5, 5.41) is 4.22. The highest BCUT2D eigenvalue weighted by atomic mass is 19.1. The summed E-state index contributed by atoms with van der Waals surface area (Å²) in [5.74, 6) is -0.507. The lowest BCUT2D eigenvalue weighted by atomic mass is 9.96. The smallest absolute Gasteiger partial charge is 0.277 e. The second kappa shape index (κ2) is 8.50. The molecule has 168 valence electrons. The van der Waals surface area contributed by atoms with Gasteiger partial charge in [0.05, 0.1) is 24.6 Å². The van der Waals surface area contributed by atoms with Gasteiger partial charge in [-0.3, -0.25) is 19.1 Å². The summed E-state index contributed by atoms with van der Waals surface area (Å²) in [7, 11) is 1.70. The van der Waals surface area contributed by atoms with Gasteiger partial charge in [0.15, 0.2) is 0 Å². The highest BCUT2D eigenvalue weighted by Crippen LogP contribution is 2.29. The van der Waals surface area contributed by atoms with E-state index in [9.17, 15) is 14.0 Å². The summed E-state index contributed by atoms with van der Waals surface area (Å²) in [6.07, 6.45) is 6.28. The van der Waals surface area contributed by atoms with Crippen molar-refractivity contribution in [2.45, 2.75) is 32.0 Å². The molecule has 1 aromatic carbocycles. The maximum absolute atomic E-state index is 13.3. The average Bonchev–Trinajstić information content (AvgIpc) is 3.23. The number of halogens is 1. The van der Waals surface area contributed by atoms with E-state index in [4.69, 9.17) is 0 Å². The molecule has 5 rings (SSSR count). The predicted molar refractivity (Wildman–Crippen MR) is 122 cm³/mol. The number of aryl methyl sites for hydroxylation is 1. The van der Waals surface area contributed by atoms with Gasteiger partial charge in [-0.25, -0.2) is 9.37 Å². The zero-order chi connectivity index (χ0) is 22.9. The Balaban J connectivity index is 1.30. The summed E-state index contributed by atoms with van der Waals surface area (Å²) in [5.41, 5.74) is 3.54. The van der Waals surface area contributed by atoms with Crippen molar-refractivity contribution >= 4 is 22.5 Å². The molecule has 3 aromatic heterocycles. The van der Waals surface area contributed by atoms with Crippen LogP contribution in [-0.2, 0) is 24.3 Å². The van der Waals surface area contributed by atoms with E-state index < -0.39 is 0 Å². The lowest BCUT2D eigenvalue weighted by Crippen LogP contribution is -2.36. The van der Waals surface area contributed by atoms with Crippen LogP contribution in [0.25, 0.3) is 10.9 Å². The summed E-state index contributed by atoms with van der Waals surface area (Å²) in [6, 6.07) is 9.97. The quantitative estimate of drug-likeness (QED) is 0.491. The fraction of sp³-hybridized carbons (Fsp3) is 0.250. The number of hydrogen-bond donors (Lipinski definition) is 2. The predicted octanol–water partition coefficient (Wildman–Crippen LogP) is 3.02. The molecule has 0 saturated heterocycles. The van der Waals surface area contributed by atoms with Crippen molar-refractivity contribution in [1.29, 1.82) is 0 Å². The number of amides is 1. The minimum absolute atomic E-state index is 0.111. The molecule has 0 aliphatic carbocycles. The number of carbonyl (C=O) groups excluding carboxylic acids is 1. The van der Waals surface area contributed by atoms with Crippen LogP contribution in [0, 0.1) is 5.82 Å². The standard InChI is InChI=1S/C24H23FN6O2/c1-30(12-18-10-16-11-26-9-8-20(16)28-18)22(32)13-31-14-27-21-7-6-19(29-23(21)24(31)33)15-2-4-17(25)5-3-15/h2-5,8-11,14,19,28-29H,6-7,12-13H2,1H3. The van der Waals surface area contributed by atoms with Gasteiger partial charge in [-0.05, 0) is 42.7 Å². The van der Waals surface area contributed by atoms with Crippen LogP contribution in [0.15, 0.2) is 59.9 Å². The van der Waals surface area contributed by atoms with E-state index in [0.29, 0.717) is 24.3 Å². The first-order chi connectivity index (χ1) is 16.0. The van der Waals surface area contributed by atoms with Crippen molar-refractivity contribution in [3.05, 3.63) is 88.2 Å². The molecule has 0 radical (unpaired) electrons. The Labute approximate surface area is 189 Å². The Morgan fingerprint density at radius 3 is 2.88 bits per heavy atom. The minimum atomic E-state index is -0.300. The van der Waals surface area contributed by atoms with E-state index in [1.54, 1.807) is 36.5 Å². The van der Waals surface area contributed by atoms with Gasteiger partial charge in [-0.2, -0.15) is 0 Å². The van der Waals surface area contributed by atoms with Crippen LogP contribution in [0.4, 0.5) is 10.1 Å². The number of carbonyl (C=O) groups is 1. The zero-order valence-corrected chi connectivity index (χ0v) is 18.1. The Hall–Kier alpha value is -4.01. The van der Waals surface area contributed by atoms with E-state index in [0.717, 1.165) is 28.6 Å². The van der Waals surface area contributed by atoms with Gasteiger partial charge < -0.3 is 15.2 Å². The van der Waals surface area contributed by atoms with E-state index >= 15 is 0 Å². The summed E-state index contributed by atoms with van der Waals surface area (Å²) in [6.45, 7) is 0.270. The molecular formula is C24H23FN6O2. The van der Waals surface area contributed by atoms with Gasteiger partial charge in [0, 0.05) is 36.0 Å². The van der Waals surface area contributed by atoms with E-state index in [1.807, 2.05) is 12.1 Å². The first-order valence-electron chi connectivity index (χ1n) is 10.7. The lowest BCUT2D eigenvalue weighted by Gasteiger charge is -2.26. The van der Waals surface area contributed by atoms with Crippen LogP contribution in [0.3, 0.4) is 0 Å². The van der Waals surface area contributed by atoms with Gasteiger partial charge in [-0.1, -0.05) is 12.1 Å². The summed E-state index contributed by atoms with van der Waals surface area (Å²) >= 11 is 0. The monoisotopic (exact) mass is 446 g/mol. The molecule has 1 unspecified atom stereocenters. The Kier molecular flexibility index (Phi) is 5.37.